The standard InChI is InChI=1S/C18H23N3O4/c1-3-13-6-4-5-11-19(13)12-20-16(22)17(23)21(18(20)24)14-7-9-15(25-2)10-8-14/h7-10,13H,3-6,11-12H2,1-2H3/t13-/m0/s1. The predicted molar refractivity (Wildman–Crippen MR) is 92.2 cm³/mol. The van der Waals surface area contributed by atoms with E-state index in [4.69, 9.17) is 4.74 Å². The molecular formula is C18H23N3O4. The van der Waals surface area contributed by atoms with Gasteiger partial charge in [0.25, 0.3) is 0 Å². The lowest BCUT2D eigenvalue weighted by Gasteiger charge is -2.36. The van der Waals surface area contributed by atoms with Crippen LogP contribution in [0.4, 0.5) is 10.5 Å². The normalized spacial score (nSPS) is 22.0. The lowest BCUT2D eigenvalue weighted by atomic mass is 10.0. The fourth-order valence-electron chi connectivity index (χ4n) is 3.48. The second-order valence-electron chi connectivity index (χ2n) is 6.37. The number of urea groups is 1. The first-order valence-electron chi connectivity index (χ1n) is 8.64. The number of amides is 4. The minimum absolute atomic E-state index is 0.175. The van der Waals surface area contributed by atoms with E-state index in [0.717, 1.165) is 42.0 Å². The van der Waals surface area contributed by atoms with Gasteiger partial charge in [0, 0.05) is 12.6 Å². The van der Waals surface area contributed by atoms with Crippen molar-refractivity contribution in [2.24, 2.45) is 0 Å². The second-order valence-corrected chi connectivity index (χ2v) is 6.37. The molecule has 7 nitrogen and oxygen atoms in total. The summed E-state index contributed by atoms with van der Waals surface area (Å²) in [4.78, 5) is 41.5. The molecule has 0 bridgehead atoms. The van der Waals surface area contributed by atoms with Crippen LogP contribution in [0.25, 0.3) is 0 Å². The molecule has 7 heteroatoms. The van der Waals surface area contributed by atoms with Crippen LogP contribution in [0.15, 0.2) is 24.3 Å². The monoisotopic (exact) mass is 345 g/mol. The molecule has 25 heavy (non-hydrogen) atoms. The molecule has 0 aliphatic carbocycles. The van der Waals surface area contributed by atoms with Gasteiger partial charge in [-0.15, -0.1) is 0 Å². The smallest absolute Gasteiger partial charge is 0.340 e. The van der Waals surface area contributed by atoms with Crippen LogP contribution >= 0.6 is 0 Å². The summed E-state index contributed by atoms with van der Waals surface area (Å²) in [5, 5.41) is 0. The van der Waals surface area contributed by atoms with E-state index in [-0.39, 0.29) is 6.67 Å². The van der Waals surface area contributed by atoms with E-state index in [1.54, 1.807) is 24.3 Å². The van der Waals surface area contributed by atoms with E-state index in [1.807, 2.05) is 0 Å². The third kappa shape index (κ3) is 3.24. The van der Waals surface area contributed by atoms with Crippen LogP contribution in [0.5, 0.6) is 5.75 Å². The number of imide groups is 2. The average Bonchev–Trinajstić information content (AvgIpc) is 2.86. The molecule has 2 aliphatic rings. The molecule has 0 N–H and O–H groups in total. The van der Waals surface area contributed by atoms with Crippen LogP contribution in [0.2, 0.25) is 0 Å². The van der Waals surface area contributed by atoms with Gasteiger partial charge in [0.2, 0.25) is 0 Å². The summed E-state index contributed by atoms with van der Waals surface area (Å²) in [6.45, 7) is 3.12. The zero-order valence-electron chi connectivity index (χ0n) is 14.6. The van der Waals surface area contributed by atoms with Crippen molar-refractivity contribution in [1.82, 2.24) is 9.80 Å². The number of anilines is 1. The lowest BCUT2D eigenvalue weighted by molar-refractivity contribution is -0.140. The van der Waals surface area contributed by atoms with Gasteiger partial charge in [-0.1, -0.05) is 13.3 Å². The van der Waals surface area contributed by atoms with Gasteiger partial charge in [-0.05, 0) is 43.5 Å². The number of piperidine rings is 1. The number of benzene rings is 1. The molecule has 2 aliphatic heterocycles. The summed E-state index contributed by atoms with van der Waals surface area (Å²) in [6, 6.07) is 6.27. The number of nitrogens with zero attached hydrogens (tertiary/aromatic N) is 3. The summed E-state index contributed by atoms with van der Waals surface area (Å²) in [6.07, 6.45) is 4.23. The summed E-state index contributed by atoms with van der Waals surface area (Å²) in [5.41, 5.74) is 0.373. The molecule has 1 aromatic rings. The third-order valence-electron chi connectivity index (χ3n) is 4.93. The first-order valence-corrected chi connectivity index (χ1v) is 8.64. The van der Waals surface area contributed by atoms with Gasteiger partial charge < -0.3 is 4.74 Å². The Morgan fingerprint density at radius 1 is 1.08 bits per heavy atom. The SMILES string of the molecule is CC[C@H]1CCCCN1CN1C(=O)C(=O)N(c2ccc(OC)cc2)C1=O. The van der Waals surface area contributed by atoms with E-state index in [1.165, 1.54) is 7.11 Å². The van der Waals surface area contributed by atoms with Crippen LogP contribution in [0, 0.1) is 0 Å². The van der Waals surface area contributed by atoms with Crippen LogP contribution in [-0.2, 0) is 9.59 Å². The van der Waals surface area contributed by atoms with E-state index in [0.29, 0.717) is 17.5 Å². The number of hydrogen-bond donors (Lipinski definition) is 0. The Hall–Kier alpha value is -2.41. The number of likely N-dealkylation sites (tertiary alicyclic amines) is 1. The van der Waals surface area contributed by atoms with Crippen molar-refractivity contribution < 1.29 is 19.1 Å². The molecule has 3 rings (SSSR count). The Morgan fingerprint density at radius 3 is 2.44 bits per heavy atom. The molecule has 0 unspecified atom stereocenters. The maximum atomic E-state index is 12.7. The first kappa shape index (κ1) is 17.4. The quantitative estimate of drug-likeness (QED) is 0.604. The summed E-state index contributed by atoms with van der Waals surface area (Å²) in [7, 11) is 1.54. The zero-order valence-corrected chi connectivity index (χ0v) is 14.6. The van der Waals surface area contributed by atoms with Gasteiger partial charge in [-0.25, -0.2) is 14.6 Å². The summed E-state index contributed by atoms with van der Waals surface area (Å²) in [5.74, 6) is -0.952. The number of carbonyl (C=O) groups is 3. The van der Waals surface area contributed by atoms with Gasteiger partial charge in [0.05, 0.1) is 19.5 Å². The maximum Gasteiger partial charge on any atom is 0.340 e. The summed E-state index contributed by atoms with van der Waals surface area (Å²) < 4.78 is 5.08. The van der Waals surface area contributed by atoms with E-state index in [2.05, 4.69) is 11.8 Å². The molecule has 2 saturated heterocycles. The molecule has 134 valence electrons. The third-order valence-corrected chi connectivity index (χ3v) is 4.93. The van der Waals surface area contributed by atoms with Gasteiger partial charge in [-0.2, -0.15) is 0 Å². The highest BCUT2D eigenvalue weighted by atomic mass is 16.5. The zero-order chi connectivity index (χ0) is 18.0. The van der Waals surface area contributed by atoms with Crippen LogP contribution in [0.1, 0.15) is 32.6 Å². The molecule has 0 radical (unpaired) electrons. The summed E-state index contributed by atoms with van der Waals surface area (Å²) >= 11 is 0. The minimum atomic E-state index is -0.805. The van der Waals surface area contributed by atoms with Gasteiger partial charge in [0.1, 0.15) is 5.75 Å². The van der Waals surface area contributed by atoms with Crippen LogP contribution < -0.4 is 9.64 Å². The number of rotatable bonds is 5. The Balaban J connectivity index is 1.79. The molecule has 2 fully saturated rings. The van der Waals surface area contributed by atoms with E-state index < -0.39 is 17.8 Å². The van der Waals surface area contributed by atoms with Crippen molar-refractivity contribution in [3.05, 3.63) is 24.3 Å². The fourth-order valence-corrected chi connectivity index (χ4v) is 3.48. The lowest BCUT2D eigenvalue weighted by Crippen LogP contribution is -2.48. The molecular weight excluding hydrogens is 322 g/mol. The number of methoxy groups -OCH3 is 1. The molecule has 1 aromatic carbocycles. The first-order chi connectivity index (χ1) is 12.1. The average molecular weight is 345 g/mol. The molecule has 4 amide bonds. The molecule has 0 saturated carbocycles. The van der Waals surface area contributed by atoms with Crippen LogP contribution in [0.3, 0.4) is 0 Å². The highest BCUT2D eigenvalue weighted by Crippen LogP contribution is 2.26. The highest BCUT2D eigenvalue weighted by Gasteiger charge is 2.46. The van der Waals surface area contributed by atoms with Crippen molar-refractivity contribution >= 4 is 23.5 Å². The molecule has 2 heterocycles. The number of ether oxygens (including phenoxy) is 1. The molecule has 0 spiro atoms. The van der Waals surface area contributed by atoms with Gasteiger partial charge in [0.15, 0.2) is 0 Å². The number of carbonyl (C=O) groups excluding carboxylic acids is 3. The van der Waals surface area contributed by atoms with Crippen molar-refractivity contribution in [2.45, 2.75) is 38.6 Å². The Bertz CT molecular complexity index is 673. The van der Waals surface area contributed by atoms with E-state index >= 15 is 0 Å². The Labute approximate surface area is 147 Å². The minimum Gasteiger partial charge on any atom is -0.497 e. The maximum absolute atomic E-state index is 12.7. The predicted octanol–water partition coefficient (Wildman–Crippen LogP) is 2.21. The topological polar surface area (TPSA) is 70.2 Å². The highest BCUT2D eigenvalue weighted by molar-refractivity contribution is 6.52. The van der Waals surface area contributed by atoms with E-state index in [9.17, 15) is 14.4 Å². The van der Waals surface area contributed by atoms with Gasteiger partial charge in [-0.3, -0.25) is 14.5 Å². The molecule has 1 atom stereocenters. The van der Waals surface area contributed by atoms with Crippen molar-refractivity contribution in [3.63, 3.8) is 0 Å². The Morgan fingerprint density at radius 2 is 1.80 bits per heavy atom. The van der Waals surface area contributed by atoms with Gasteiger partial charge >= 0.3 is 17.8 Å². The number of hydrogen-bond acceptors (Lipinski definition) is 5. The van der Waals surface area contributed by atoms with Crippen molar-refractivity contribution in [2.75, 3.05) is 25.2 Å². The van der Waals surface area contributed by atoms with Crippen molar-refractivity contribution in [1.29, 1.82) is 0 Å². The fraction of sp³-hybridized carbons (Fsp3) is 0.500. The Kier molecular flexibility index (Phi) is 5.03. The second kappa shape index (κ2) is 7.23. The van der Waals surface area contributed by atoms with Crippen LogP contribution in [-0.4, -0.2) is 54.0 Å². The van der Waals surface area contributed by atoms with Crippen molar-refractivity contribution in [3.8, 4) is 5.75 Å². The largest absolute Gasteiger partial charge is 0.497 e. The molecule has 0 aromatic heterocycles.